The van der Waals surface area contributed by atoms with Gasteiger partial charge in [0, 0.05) is 17.5 Å². The van der Waals surface area contributed by atoms with Crippen molar-refractivity contribution in [1.29, 1.82) is 0 Å². The van der Waals surface area contributed by atoms with Gasteiger partial charge in [0.05, 0.1) is 14.2 Å². The van der Waals surface area contributed by atoms with E-state index in [9.17, 15) is 0 Å². The summed E-state index contributed by atoms with van der Waals surface area (Å²) in [5.41, 5.74) is 5.01. The number of hydrogen-bond donors (Lipinski definition) is 0. The van der Waals surface area contributed by atoms with Gasteiger partial charge in [-0.3, -0.25) is 0 Å². The summed E-state index contributed by atoms with van der Waals surface area (Å²) < 4.78 is 10.9. The Morgan fingerprint density at radius 2 is 1.59 bits per heavy atom. The molecule has 0 atom stereocenters. The first-order valence-corrected chi connectivity index (χ1v) is 5.67. The van der Waals surface area contributed by atoms with Gasteiger partial charge in [-0.15, -0.1) is 0 Å². The van der Waals surface area contributed by atoms with Crippen LogP contribution in [0.5, 0.6) is 11.5 Å². The van der Waals surface area contributed by atoms with E-state index < -0.39 is 0 Å². The van der Waals surface area contributed by atoms with Crippen LogP contribution in [0.4, 0.5) is 0 Å². The maximum absolute atomic E-state index is 5.46. The molecule has 0 heterocycles. The molecule has 0 spiro atoms. The van der Waals surface area contributed by atoms with E-state index in [-0.39, 0.29) is 0 Å². The lowest BCUT2D eigenvalue weighted by molar-refractivity contribution is 0.402. The fourth-order valence-electron chi connectivity index (χ4n) is 2.55. The maximum atomic E-state index is 5.46. The van der Waals surface area contributed by atoms with Crippen LogP contribution in [-0.2, 0) is 6.42 Å². The summed E-state index contributed by atoms with van der Waals surface area (Å²) in [4.78, 5) is 0. The molecule has 3 rings (SSSR count). The normalized spacial score (nSPS) is 11.9. The average Bonchev–Trinajstić information content (AvgIpc) is 2.77. The molecule has 2 aromatic rings. The summed E-state index contributed by atoms with van der Waals surface area (Å²) in [6, 6.07) is 12.4. The van der Waals surface area contributed by atoms with Crippen LogP contribution in [0.1, 0.15) is 11.1 Å². The number of ether oxygens (including phenoxy) is 2. The van der Waals surface area contributed by atoms with E-state index in [0.717, 1.165) is 17.9 Å². The lowest BCUT2D eigenvalue weighted by Crippen LogP contribution is -1.93. The highest BCUT2D eigenvalue weighted by molar-refractivity contribution is 5.83. The van der Waals surface area contributed by atoms with Crippen molar-refractivity contribution in [2.75, 3.05) is 14.2 Å². The molecule has 0 aromatic heterocycles. The van der Waals surface area contributed by atoms with E-state index in [2.05, 4.69) is 24.3 Å². The zero-order valence-electron chi connectivity index (χ0n) is 9.99. The van der Waals surface area contributed by atoms with Crippen molar-refractivity contribution in [3.05, 3.63) is 47.5 Å². The highest BCUT2D eigenvalue weighted by atomic mass is 16.5. The second-order valence-electron chi connectivity index (χ2n) is 4.16. The van der Waals surface area contributed by atoms with E-state index in [4.69, 9.17) is 9.47 Å². The number of hydrogen-bond acceptors (Lipinski definition) is 2. The minimum Gasteiger partial charge on any atom is -0.496 e. The summed E-state index contributed by atoms with van der Waals surface area (Å²) in [5, 5.41) is 0. The standard InChI is InChI=1S/C15H14O2/c1-16-13-7-8-14(17-2)15-11-6-4-3-5-10(11)9-12(13)15/h3-8H,9H2,1-2H3. The van der Waals surface area contributed by atoms with Crippen LogP contribution in [0, 0.1) is 0 Å². The van der Waals surface area contributed by atoms with E-state index in [1.54, 1.807) is 14.2 Å². The van der Waals surface area contributed by atoms with Crippen molar-refractivity contribution in [3.8, 4) is 22.6 Å². The van der Waals surface area contributed by atoms with Gasteiger partial charge < -0.3 is 9.47 Å². The lowest BCUT2D eigenvalue weighted by atomic mass is 10.0. The Kier molecular flexibility index (Phi) is 2.29. The van der Waals surface area contributed by atoms with Gasteiger partial charge >= 0.3 is 0 Å². The summed E-state index contributed by atoms with van der Waals surface area (Å²) in [7, 11) is 3.42. The predicted molar refractivity (Wildman–Crippen MR) is 67.8 cm³/mol. The van der Waals surface area contributed by atoms with Crippen molar-refractivity contribution in [2.45, 2.75) is 6.42 Å². The fraction of sp³-hybridized carbons (Fsp3) is 0.200. The maximum Gasteiger partial charge on any atom is 0.127 e. The number of benzene rings is 2. The summed E-state index contributed by atoms with van der Waals surface area (Å²) in [6.45, 7) is 0. The number of methoxy groups -OCH3 is 2. The second kappa shape index (κ2) is 3.81. The number of fused-ring (bicyclic) bond motifs is 3. The van der Waals surface area contributed by atoms with Crippen molar-refractivity contribution in [3.63, 3.8) is 0 Å². The van der Waals surface area contributed by atoms with E-state index in [1.165, 1.54) is 22.3 Å². The van der Waals surface area contributed by atoms with Gasteiger partial charge in [0.15, 0.2) is 0 Å². The molecule has 0 fully saturated rings. The topological polar surface area (TPSA) is 18.5 Å². The molecule has 2 aromatic carbocycles. The van der Waals surface area contributed by atoms with Crippen LogP contribution in [0.2, 0.25) is 0 Å². The van der Waals surface area contributed by atoms with E-state index in [0.29, 0.717) is 0 Å². The van der Waals surface area contributed by atoms with Crippen molar-refractivity contribution in [1.82, 2.24) is 0 Å². The molecule has 86 valence electrons. The van der Waals surface area contributed by atoms with Gasteiger partial charge in [0.1, 0.15) is 11.5 Å². The van der Waals surface area contributed by atoms with Crippen LogP contribution in [-0.4, -0.2) is 14.2 Å². The average molecular weight is 226 g/mol. The Hall–Kier alpha value is -1.96. The fourth-order valence-corrected chi connectivity index (χ4v) is 2.55. The largest absolute Gasteiger partial charge is 0.496 e. The molecule has 1 aliphatic carbocycles. The lowest BCUT2D eigenvalue weighted by Gasteiger charge is -2.11. The molecule has 17 heavy (non-hydrogen) atoms. The minimum atomic E-state index is 0.922. The Morgan fingerprint density at radius 1 is 0.882 bits per heavy atom. The Labute approximate surface area is 101 Å². The quantitative estimate of drug-likeness (QED) is 0.667. The Morgan fingerprint density at radius 3 is 2.35 bits per heavy atom. The van der Waals surface area contributed by atoms with Crippen LogP contribution >= 0.6 is 0 Å². The monoisotopic (exact) mass is 226 g/mol. The molecule has 0 bridgehead atoms. The zero-order valence-corrected chi connectivity index (χ0v) is 9.99. The molecule has 2 nitrogen and oxygen atoms in total. The van der Waals surface area contributed by atoms with Gasteiger partial charge in [0.25, 0.3) is 0 Å². The molecule has 0 unspecified atom stereocenters. The third-order valence-corrected chi connectivity index (χ3v) is 3.33. The van der Waals surface area contributed by atoms with Crippen LogP contribution < -0.4 is 9.47 Å². The van der Waals surface area contributed by atoms with Crippen LogP contribution in [0.3, 0.4) is 0 Å². The number of rotatable bonds is 2. The van der Waals surface area contributed by atoms with Gasteiger partial charge in [-0.25, -0.2) is 0 Å². The molecule has 0 aliphatic heterocycles. The molecule has 0 radical (unpaired) electrons. The molecule has 2 heteroatoms. The third-order valence-electron chi connectivity index (χ3n) is 3.33. The van der Waals surface area contributed by atoms with Crippen molar-refractivity contribution >= 4 is 0 Å². The third kappa shape index (κ3) is 1.41. The molecule has 0 amide bonds. The first-order valence-electron chi connectivity index (χ1n) is 5.67. The van der Waals surface area contributed by atoms with Gasteiger partial charge in [0.2, 0.25) is 0 Å². The van der Waals surface area contributed by atoms with Gasteiger partial charge in [-0.2, -0.15) is 0 Å². The summed E-state index contributed by atoms with van der Waals surface area (Å²) >= 11 is 0. The minimum absolute atomic E-state index is 0.922. The first kappa shape index (κ1) is 10.2. The van der Waals surface area contributed by atoms with E-state index in [1.807, 2.05) is 12.1 Å². The Bertz CT molecular complexity index is 573. The highest BCUT2D eigenvalue weighted by Gasteiger charge is 2.24. The summed E-state index contributed by atoms with van der Waals surface area (Å²) in [5.74, 6) is 1.86. The SMILES string of the molecule is COc1ccc(OC)c2c1Cc1ccccc1-2. The smallest absolute Gasteiger partial charge is 0.127 e. The molecular formula is C15H14O2. The first-order chi connectivity index (χ1) is 8.35. The molecular weight excluding hydrogens is 212 g/mol. The molecule has 0 saturated carbocycles. The highest BCUT2D eigenvalue weighted by Crippen LogP contribution is 2.46. The second-order valence-corrected chi connectivity index (χ2v) is 4.16. The van der Waals surface area contributed by atoms with Gasteiger partial charge in [-0.1, -0.05) is 24.3 Å². The molecule has 0 N–H and O–H groups in total. The van der Waals surface area contributed by atoms with Crippen LogP contribution in [0.15, 0.2) is 36.4 Å². The predicted octanol–water partition coefficient (Wildman–Crippen LogP) is 3.28. The Balaban J connectivity index is 2.30. The molecule has 1 aliphatic rings. The van der Waals surface area contributed by atoms with Gasteiger partial charge in [-0.05, 0) is 23.3 Å². The zero-order chi connectivity index (χ0) is 11.8. The van der Waals surface area contributed by atoms with Crippen LogP contribution in [0.25, 0.3) is 11.1 Å². The van der Waals surface area contributed by atoms with E-state index >= 15 is 0 Å². The summed E-state index contributed by atoms with van der Waals surface area (Å²) in [6.07, 6.45) is 0.922. The van der Waals surface area contributed by atoms with Crippen molar-refractivity contribution < 1.29 is 9.47 Å². The molecule has 0 saturated heterocycles. The van der Waals surface area contributed by atoms with Crippen molar-refractivity contribution in [2.24, 2.45) is 0 Å².